The van der Waals surface area contributed by atoms with E-state index in [-0.39, 0.29) is 11.5 Å². The van der Waals surface area contributed by atoms with Crippen molar-refractivity contribution in [2.24, 2.45) is 0 Å². The molecule has 16 heavy (non-hydrogen) atoms. The van der Waals surface area contributed by atoms with Crippen molar-refractivity contribution in [1.29, 1.82) is 0 Å². The van der Waals surface area contributed by atoms with Crippen molar-refractivity contribution in [3.05, 3.63) is 16.4 Å². The molecule has 1 saturated heterocycles. The predicted molar refractivity (Wildman–Crippen MR) is 65.9 cm³/mol. The fraction of sp³-hybridized carbons (Fsp3) is 0.700. The lowest BCUT2D eigenvalue weighted by atomic mass is 10.0. The number of rotatable bonds is 2. The van der Waals surface area contributed by atoms with Crippen molar-refractivity contribution in [3.63, 3.8) is 0 Å². The van der Waals surface area contributed by atoms with Crippen LogP contribution in [0.3, 0.4) is 0 Å². The van der Waals surface area contributed by atoms with Crippen molar-refractivity contribution < 1.29 is 8.42 Å². The Hall–Kier alpha value is -0.620. The van der Waals surface area contributed by atoms with Crippen molar-refractivity contribution in [2.45, 2.75) is 32.2 Å². The molecule has 1 aromatic rings. The van der Waals surface area contributed by atoms with Crippen LogP contribution in [-0.2, 0) is 21.8 Å². The van der Waals surface area contributed by atoms with E-state index in [0.717, 1.165) is 12.1 Å². The molecule has 1 N–H and O–H groups in total. The Morgan fingerprint density at radius 1 is 1.62 bits per heavy atom. The molecular weight excluding hydrogens is 244 g/mol. The highest BCUT2D eigenvalue weighted by atomic mass is 32.2. The molecule has 0 aliphatic carbocycles. The molecule has 2 rings (SSSR count). The molecule has 0 saturated carbocycles. The first-order valence-corrected chi connectivity index (χ1v) is 7.61. The van der Waals surface area contributed by atoms with Crippen molar-refractivity contribution >= 4 is 22.1 Å². The third kappa shape index (κ3) is 1.96. The van der Waals surface area contributed by atoms with Gasteiger partial charge in [0.15, 0.2) is 9.84 Å². The maximum Gasteiger partial charge on any atom is 0.152 e. The summed E-state index contributed by atoms with van der Waals surface area (Å²) in [5, 5.41) is 3.20. The first kappa shape index (κ1) is 11.9. The Morgan fingerprint density at radius 2 is 2.31 bits per heavy atom. The number of hydrogen-bond donors (Lipinski definition) is 1. The molecule has 0 amide bonds. The number of aryl methyl sites for hydroxylation is 1. The van der Waals surface area contributed by atoms with Crippen LogP contribution in [0.15, 0.2) is 6.07 Å². The summed E-state index contributed by atoms with van der Waals surface area (Å²) in [7, 11) is -2.90. The average Bonchev–Trinajstić information content (AvgIpc) is 2.68. The number of nitrogens with one attached hydrogen (secondary N) is 1. The van der Waals surface area contributed by atoms with E-state index in [1.165, 1.54) is 0 Å². The minimum atomic E-state index is -2.90. The highest BCUT2D eigenvalue weighted by Crippen LogP contribution is 2.30. The van der Waals surface area contributed by atoms with E-state index in [1.54, 1.807) is 0 Å². The molecule has 1 aromatic heterocycles. The van der Waals surface area contributed by atoms with Crippen LogP contribution in [0.1, 0.15) is 26.0 Å². The van der Waals surface area contributed by atoms with E-state index in [0.29, 0.717) is 11.1 Å². The van der Waals surface area contributed by atoms with Crippen LogP contribution < -0.4 is 0 Å². The van der Waals surface area contributed by atoms with Gasteiger partial charge in [-0.05, 0) is 25.8 Å². The van der Waals surface area contributed by atoms with E-state index in [1.807, 2.05) is 24.6 Å². The quantitative estimate of drug-likeness (QED) is 0.823. The molecular formula is C10H16N2O2S2. The van der Waals surface area contributed by atoms with Crippen LogP contribution in [0.2, 0.25) is 0 Å². The summed E-state index contributed by atoms with van der Waals surface area (Å²) in [6.45, 7) is 3.99. The summed E-state index contributed by atoms with van der Waals surface area (Å²) in [6.07, 6.45) is 1.51. The topological polar surface area (TPSA) is 54.9 Å². The van der Waals surface area contributed by atoms with Crippen molar-refractivity contribution in [3.8, 4) is 0 Å². The van der Waals surface area contributed by atoms with Crippen LogP contribution in [0, 0.1) is 4.64 Å². The van der Waals surface area contributed by atoms with Crippen LogP contribution in [0.25, 0.3) is 0 Å². The zero-order valence-electron chi connectivity index (χ0n) is 9.49. The molecule has 1 aliphatic heterocycles. The molecule has 1 unspecified atom stereocenters. The highest BCUT2D eigenvalue weighted by molar-refractivity contribution is 7.91. The smallest absolute Gasteiger partial charge is 0.152 e. The summed E-state index contributed by atoms with van der Waals surface area (Å²) in [5.74, 6) is 0.434. The lowest BCUT2D eigenvalue weighted by Gasteiger charge is -2.23. The third-order valence-corrected chi connectivity index (χ3v) is 5.37. The van der Waals surface area contributed by atoms with Gasteiger partial charge in [-0.3, -0.25) is 4.68 Å². The van der Waals surface area contributed by atoms with Gasteiger partial charge in [0.25, 0.3) is 0 Å². The second kappa shape index (κ2) is 3.70. The Balaban J connectivity index is 2.45. The minimum absolute atomic E-state index is 0.179. The highest BCUT2D eigenvalue weighted by Gasteiger charge is 2.40. The molecule has 6 heteroatoms. The van der Waals surface area contributed by atoms with Gasteiger partial charge in [0.2, 0.25) is 0 Å². The van der Waals surface area contributed by atoms with Crippen LogP contribution in [0.4, 0.5) is 0 Å². The Kier molecular flexibility index (Phi) is 2.74. The Bertz CT molecular complexity index is 556. The largest absolute Gasteiger partial charge is 0.301 e. The molecule has 0 aromatic carbocycles. The zero-order chi connectivity index (χ0) is 12.0. The molecule has 1 aliphatic rings. The molecule has 0 spiro atoms. The normalized spacial score (nSPS) is 28.4. The average molecular weight is 260 g/mol. The molecule has 0 radical (unpaired) electrons. The third-order valence-electron chi connectivity index (χ3n) is 3.18. The van der Waals surface area contributed by atoms with Crippen molar-refractivity contribution in [2.75, 3.05) is 11.5 Å². The van der Waals surface area contributed by atoms with Crippen LogP contribution in [0.5, 0.6) is 0 Å². The van der Waals surface area contributed by atoms with E-state index in [9.17, 15) is 8.42 Å². The Morgan fingerprint density at radius 3 is 2.75 bits per heavy atom. The molecule has 1 atom stereocenters. The standard InChI is InChI=1S/C10H16N2O2S2/c1-3-8-6-9(15)12(11-8)10(2)4-5-16(13,14)7-10/h6,11H,3-5,7H2,1-2H3. The molecule has 4 nitrogen and oxygen atoms in total. The number of hydrogen-bond acceptors (Lipinski definition) is 3. The maximum absolute atomic E-state index is 11.5. The van der Waals surface area contributed by atoms with Gasteiger partial charge < -0.3 is 5.10 Å². The molecule has 90 valence electrons. The van der Waals surface area contributed by atoms with Gasteiger partial charge in [-0.25, -0.2) is 8.42 Å². The SMILES string of the molecule is CCc1cc(=S)n(C2(C)CCS(=O)(=O)C2)[nH]1. The first-order chi connectivity index (χ1) is 7.36. The van der Waals surface area contributed by atoms with E-state index in [2.05, 4.69) is 5.10 Å². The minimum Gasteiger partial charge on any atom is -0.301 e. The number of sulfone groups is 1. The monoisotopic (exact) mass is 260 g/mol. The number of nitrogens with zero attached hydrogens (tertiary/aromatic N) is 1. The lowest BCUT2D eigenvalue weighted by molar-refractivity contribution is 0.323. The van der Waals surface area contributed by atoms with Gasteiger partial charge in [0.05, 0.1) is 17.0 Å². The summed E-state index contributed by atoms with van der Waals surface area (Å²) in [5.41, 5.74) is 0.652. The van der Waals surface area contributed by atoms with E-state index in [4.69, 9.17) is 12.2 Å². The second-order valence-electron chi connectivity index (χ2n) is 4.65. The molecule has 2 heterocycles. The zero-order valence-corrected chi connectivity index (χ0v) is 11.1. The lowest BCUT2D eigenvalue weighted by Crippen LogP contribution is -2.32. The van der Waals surface area contributed by atoms with E-state index < -0.39 is 15.4 Å². The first-order valence-electron chi connectivity index (χ1n) is 5.38. The maximum atomic E-state index is 11.5. The van der Waals surface area contributed by atoms with Gasteiger partial charge in [-0.1, -0.05) is 19.1 Å². The molecule has 1 fully saturated rings. The summed E-state index contributed by atoms with van der Waals surface area (Å²) >= 11 is 5.26. The van der Waals surface area contributed by atoms with Gasteiger partial charge in [0, 0.05) is 5.69 Å². The Labute approximate surface area is 101 Å². The number of H-pyrrole nitrogens is 1. The second-order valence-corrected chi connectivity index (χ2v) is 7.25. The summed E-state index contributed by atoms with van der Waals surface area (Å²) in [4.78, 5) is 0. The number of aromatic amines is 1. The van der Waals surface area contributed by atoms with Crippen LogP contribution >= 0.6 is 12.2 Å². The predicted octanol–water partition coefficient (Wildman–Crippen LogP) is 1.64. The van der Waals surface area contributed by atoms with Gasteiger partial charge in [-0.2, -0.15) is 0 Å². The number of aromatic nitrogens is 2. The van der Waals surface area contributed by atoms with Gasteiger partial charge in [0.1, 0.15) is 4.64 Å². The van der Waals surface area contributed by atoms with Crippen LogP contribution in [-0.4, -0.2) is 29.7 Å². The molecule has 0 bridgehead atoms. The van der Waals surface area contributed by atoms with Gasteiger partial charge >= 0.3 is 0 Å². The summed E-state index contributed by atoms with van der Waals surface area (Å²) < 4.78 is 25.6. The fourth-order valence-corrected chi connectivity index (χ4v) is 4.72. The van der Waals surface area contributed by atoms with Crippen molar-refractivity contribution in [1.82, 2.24) is 9.78 Å². The van der Waals surface area contributed by atoms with E-state index >= 15 is 0 Å². The summed E-state index contributed by atoms with van der Waals surface area (Å²) in [6, 6.07) is 1.91. The van der Waals surface area contributed by atoms with Gasteiger partial charge in [-0.15, -0.1) is 0 Å². The fourth-order valence-electron chi connectivity index (χ4n) is 2.20.